The van der Waals surface area contributed by atoms with Crippen molar-refractivity contribution in [3.63, 3.8) is 0 Å². The summed E-state index contributed by atoms with van der Waals surface area (Å²) in [7, 11) is 0. The molecule has 2 aromatic heterocycles. The number of hydrogen-bond donors (Lipinski definition) is 2. The van der Waals surface area contributed by atoms with Crippen molar-refractivity contribution in [1.82, 2.24) is 15.3 Å². The lowest BCUT2D eigenvalue weighted by atomic mass is 10.1. The summed E-state index contributed by atoms with van der Waals surface area (Å²) < 4.78 is 52.0. The van der Waals surface area contributed by atoms with Gasteiger partial charge in [0, 0.05) is 6.54 Å². The van der Waals surface area contributed by atoms with Gasteiger partial charge in [-0.25, -0.2) is 14.4 Å². The van der Waals surface area contributed by atoms with Crippen LogP contribution in [0, 0.1) is 12.7 Å². The molecule has 0 bridgehead atoms. The zero-order valence-electron chi connectivity index (χ0n) is 14.5. The molecule has 0 spiro atoms. The van der Waals surface area contributed by atoms with E-state index in [4.69, 9.17) is 0 Å². The molecule has 1 aromatic carbocycles. The molecule has 0 atom stereocenters. The summed E-state index contributed by atoms with van der Waals surface area (Å²) in [5, 5.41) is 5.70. The van der Waals surface area contributed by atoms with E-state index in [2.05, 4.69) is 20.6 Å². The SMILES string of the molecule is Cc1nc(Nc2ccc(F)cn2)sc1C(=O)NCc1ccccc1C(F)(F)F. The van der Waals surface area contributed by atoms with Gasteiger partial charge in [0.05, 0.1) is 17.5 Å². The van der Waals surface area contributed by atoms with E-state index in [9.17, 15) is 22.4 Å². The fraction of sp³-hybridized carbons (Fsp3) is 0.167. The number of aromatic nitrogens is 2. The number of nitrogens with one attached hydrogen (secondary N) is 2. The summed E-state index contributed by atoms with van der Waals surface area (Å²) in [6.45, 7) is 1.34. The number of benzene rings is 1. The second kappa shape index (κ2) is 7.93. The predicted octanol–water partition coefficient (Wildman–Crippen LogP) is 4.68. The highest BCUT2D eigenvalue weighted by molar-refractivity contribution is 7.17. The van der Waals surface area contributed by atoms with Gasteiger partial charge < -0.3 is 10.6 Å². The maximum absolute atomic E-state index is 13.0. The molecule has 0 aliphatic carbocycles. The number of halogens is 4. The lowest BCUT2D eigenvalue weighted by Gasteiger charge is -2.13. The van der Waals surface area contributed by atoms with Crippen LogP contribution in [-0.4, -0.2) is 15.9 Å². The van der Waals surface area contributed by atoms with E-state index in [1.54, 1.807) is 6.92 Å². The third-order valence-corrected chi connectivity index (χ3v) is 4.80. The molecule has 0 radical (unpaired) electrons. The number of alkyl halides is 3. The van der Waals surface area contributed by atoms with Crippen LogP contribution < -0.4 is 10.6 Å². The third-order valence-electron chi connectivity index (χ3n) is 3.73. The molecular weight excluding hydrogens is 396 g/mol. The molecule has 0 fully saturated rings. The Hall–Kier alpha value is -3.01. The molecule has 0 saturated carbocycles. The Morgan fingerprint density at radius 2 is 1.93 bits per heavy atom. The van der Waals surface area contributed by atoms with Crippen LogP contribution >= 0.6 is 11.3 Å². The van der Waals surface area contributed by atoms with Gasteiger partial charge in [-0.3, -0.25) is 4.79 Å². The highest BCUT2D eigenvalue weighted by Gasteiger charge is 2.32. The summed E-state index contributed by atoms with van der Waals surface area (Å²) >= 11 is 1.02. The van der Waals surface area contributed by atoms with Crippen LogP contribution in [0.5, 0.6) is 0 Å². The summed E-state index contributed by atoms with van der Waals surface area (Å²) in [6, 6.07) is 7.70. The average molecular weight is 410 g/mol. The molecule has 3 aromatic rings. The van der Waals surface area contributed by atoms with Gasteiger partial charge >= 0.3 is 6.18 Å². The molecule has 0 saturated heterocycles. The first-order valence-electron chi connectivity index (χ1n) is 8.03. The molecule has 28 heavy (non-hydrogen) atoms. The fourth-order valence-electron chi connectivity index (χ4n) is 2.43. The number of thiazole rings is 1. The van der Waals surface area contributed by atoms with Crippen molar-refractivity contribution in [2.75, 3.05) is 5.32 Å². The summed E-state index contributed by atoms with van der Waals surface area (Å²) in [6.07, 6.45) is -3.46. The van der Waals surface area contributed by atoms with Crippen LogP contribution in [0.25, 0.3) is 0 Å². The Morgan fingerprint density at radius 1 is 1.18 bits per heavy atom. The van der Waals surface area contributed by atoms with Crippen molar-refractivity contribution in [3.8, 4) is 0 Å². The second-order valence-electron chi connectivity index (χ2n) is 5.76. The van der Waals surface area contributed by atoms with Gasteiger partial charge in [-0.15, -0.1) is 0 Å². The highest BCUT2D eigenvalue weighted by Crippen LogP contribution is 2.32. The van der Waals surface area contributed by atoms with Gasteiger partial charge in [0.25, 0.3) is 5.91 Å². The zero-order chi connectivity index (χ0) is 20.3. The van der Waals surface area contributed by atoms with Crippen molar-refractivity contribution in [3.05, 3.63) is 70.1 Å². The fourth-order valence-corrected chi connectivity index (χ4v) is 3.32. The minimum atomic E-state index is -4.50. The second-order valence-corrected chi connectivity index (χ2v) is 6.76. The summed E-state index contributed by atoms with van der Waals surface area (Å²) in [4.78, 5) is 20.7. The first kappa shape index (κ1) is 19.7. The Balaban J connectivity index is 1.70. The number of amides is 1. The zero-order valence-corrected chi connectivity index (χ0v) is 15.3. The Kier molecular flexibility index (Phi) is 5.59. The molecule has 2 heterocycles. The van der Waals surface area contributed by atoms with Crippen LogP contribution in [0.2, 0.25) is 0 Å². The Labute approximate surface area is 161 Å². The molecule has 146 valence electrons. The van der Waals surface area contributed by atoms with E-state index in [1.165, 1.54) is 30.3 Å². The monoisotopic (exact) mass is 410 g/mol. The van der Waals surface area contributed by atoms with E-state index in [0.717, 1.165) is 23.6 Å². The van der Waals surface area contributed by atoms with E-state index in [-0.39, 0.29) is 17.0 Å². The normalized spacial score (nSPS) is 11.3. The van der Waals surface area contributed by atoms with Crippen molar-refractivity contribution < 1.29 is 22.4 Å². The number of rotatable bonds is 5. The van der Waals surface area contributed by atoms with Gasteiger partial charge in [0.1, 0.15) is 16.5 Å². The van der Waals surface area contributed by atoms with Crippen molar-refractivity contribution in [1.29, 1.82) is 0 Å². The van der Waals surface area contributed by atoms with E-state index >= 15 is 0 Å². The number of anilines is 2. The summed E-state index contributed by atoms with van der Waals surface area (Å²) in [5.74, 6) is -0.673. The molecule has 10 heteroatoms. The van der Waals surface area contributed by atoms with Gasteiger partial charge in [-0.1, -0.05) is 29.5 Å². The van der Waals surface area contributed by atoms with Crippen molar-refractivity contribution >= 4 is 28.2 Å². The minimum Gasteiger partial charge on any atom is -0.347 e. The lowest BCUT2D eigenvalue weighted by Crippen LogP contribution is -2.24. The average Bonchev–Trinajstić information content (AvgIpc) is 3.01. The molecule has 0 aliphatic rings. The third kappa shape index (κ3) is 4.63. The minimum absolute atomic E-state index is 0.0284. The lowest BCUT2D eigenvalue weighted by molar-refractivity contribution is -0.138. The predicted molar refractivity (Wildman–Crippen MR) is 96.9 cm³/mol. The van der Waals surface area contributed by atoms with E-state index in [0.29, 0.717) is 16.6 Å². The van der Waals surface area contributed by atoms with Crippen LogP contribution in [0.4, 0.5) is 28.5 Å². The first-order chi connectivity index (χ1) is 13.2. The van der Waals surface area contributed by atoms with Crippen LogP contribution in [-0.2, 0) is 12.7 Å². The van der Waals surface area contributed by atoms with Gasteiger partial charge in [0.15, 0.2) is 5.13 Å². The van der Waals surface area contributed by atoms with Crippen molar-refractivity contribution in [2.45, 2.75) is 19.6 Å². The summed E-state index contributed by atoms with van der Waals surface area (Å²) in [5.41, 5.74) is -0.406. The Morgan fingerprint density at radius 3 is 2.61 bits per heavy atom. The topological polar surface area (TPSA) is 66.9 Å². The number of pyridine rings is 1. The Bertz CT molecular complexity index is 986. The molecule has 5 nitrogen and oxygen atoms in total. The van der Waals surface area contributed by atoms with E-state index in [1.807, 2.05) is 0 Å². The molecular formula is C18H14F4N4OS. The van der Waals surface area contributed by atoms with Crippen LogP contribution in [0.1, 0.15) is 26.5 Å². The van der Waals surface area contributed by atoms with Crippen molar-refractivity contribution in [2.24, 2.45) is 0 Å². The van der Waals surface area contributed by atoms with Crippen LogP contribution in [0.15, 0.2) is 42.6 Å². The number of nitrogens with zero attached hydrogens (tertiary/aromatic N) is 2. The molecule has 2 N–H and O–H groups in total. The maximum Gasteiger partial charge on any atom is 0.416 e. The highest BCUT2D eigenvalue weighted by atomic mass is 32.1. The smallest absolute Gasteiger partial charge is 0.347 e. The number of carbonyl (C=O) groups is 1. The first-order valence-corrected chi connectivity index (χ1v) is 8.85. The van der Waals surface area contributed by atoms with Gasteiger partial charge in [0.2, 0.25) is 0 Å². The number of carbonyl (C=O) groups excluding carboxylic acids is 1. The largest absolute Gasteiger partial charge is 0.416 e. The number of hydrogen-bond acceptors (Lipinski definition) is 5. The molecule has 0 unspecified atom stereocenters. The number of aryl methyl sites for hydroxylation is 1. The van der Waals surface area contributed by atoms with Crippen LogP contribution in [0.3, 0.4) is 0 Å². The maximum atomic E-state index is 13.0. The quantitative estimate of drug-likeness (QED) is 0.600. The van der Waals surface area contributed by atoms with Gasteiger partial charge in [-0.05, 0) is 30.7 Å². The standard InChI is InChI=1S/C18H14F4N4OS/c1-10-15(28-17(25-10)26-14-7-6-12(19)9-23-14)16(27)24-8-11-4-2-3-5-13(11)18(20,21)22/h2-7,9H,8H2,1H3,(H,24,27)(H,23,25,26). The van der Waals surface area contributed by atoms with Gasteiger partial charge in [-0.2, -0.15) is 13.2 Å². The molecule has 0 aliphatic heterocycles. The van der Waals surface area contributed by atoms with E-state index < -0.39 is 23.5 Å². The molecule has 3 rings (SSSR count). The molecule has 1 amide bonds.